The molecule has 0 aliphatic rings. The van der Waals surface area contributed by atoms with Crippen molar-refractivity contribution in [3.05, 3.63) is 61.1 Å². The Morgan fingerprint density at radius 3 is 1.18 bits per heavy atom. The average molecular weight is 302 g/mol. The van der Waals surface area contributed by atoms with Gasteiger partial charge < -0.3 is 9.47 Å². The van der Waals surface area contributed by atoms with Crippen molar-refractivity contribution in [3.63, 3.8) is 0 Å². The van der Waals surface area contributed by atoms with E-state index in [-0.39, 0.29) is 11.2 Å². The van der Waals surface area contributed by atoms with Crippen molar-refractivity contribution in [1.82, 2.24) is 0 Å². The highest BCUT2D eigenvalue weighted by molar-refractivity contribution is 5.31. The number of benzene rings is 1. The van der Waals surface area contributed by atoms with Gasteiger partial charge in [-0.1, -0.05) is 65.1 Å². The van der Waals surface area contributed by atoms with E-state index in [0.29, 0.717) is 0 Å². The topological polar surface area (TPSA) is 18.5 Å². The van der Waals surface area contributed by atoms with E-state index in [1.165, 1.54) is 11.1 Å². The second kappa shape index (κ2) is 8.07. The van der Waals surface area contributed by atoms with Crippen LogP contribution in [0.25, 0.3) is 0 Å². The maximum Gasteiger partial charge on any atom is 0.132 e. The molecule has 0 unspecified atom stereocenters. The lowest BCUT2D eigenvalue weighted by Gasteiger charge is -2.34. The normalized spacial score (nSPS) is 11.8. The SMILES string of the molecule is C=COC(CC)(CC)c1ccc(C(CC)(CC)OC=C)cc1. The van der Waals surface area contributed by atoms with Gasteiger partial charge in [-0.25, -0.2) is 0 Å². The molecule has 1 rings (SSSR count). The summed E-state index contributed by atoms with van der Waals surface area (Å²) in [7, 11) is 0. The van der Waals surface area contributed by atoms with Crippen molar-refractivity contribution in [3.8, 4) is 0 Å². The van der Waals surface area contributed by atoms with E-state index in [2.05, 4.69) is 65.1 Å². The van der Waals surface area contributed by atoms with Crippen LogP contribution < -0.4 is 0 Å². The summed E-state index contributed by atoms with van der Waals surface area (Å²) in [4.78, 5) is 0. The van der Waals surface area contributed by atoms with Crippen molar-refractivity contribution in [2.45, 2.75) is 64.6 Å². The van der Waals surface area contributed by atoms with Crippen LogP contribution in [0.1, 0.15) is 64.5 Å². The van der Waals surface area contributed by atoms with Crippen LogP contribution in [0.3, 0.4) is 0 Å². The van der Waals surface area contributed by atoms with E-state index in [1.54, 1.807) is 12.5 Å². The van der Waals surface area contributed by atoms with E-state index in [0.717, 1.165) is 25.7 Å². The first-order valence-corrected chi connectivity index (χ1v) is 8.26. The number of hydrogen-bond donors (Lipinski definition) is 0. The fraction of sp³-hybridized carbons (Fsp3) is 0.500. The molecule has 1 aromatic carbocycles. The molecule has 0 spiro atoms. The van der Waals surface area contributed by atoms with E-state index >= 15 is 0 Å². The van der Waals surface area contributed by atoms with Crippen molar-refractivity contribution >= 4 is 0 Å². The standard InChI is InChI=1S/C20H30O2/c1-7-19(8-2,21-11-5)17-13-15-18(16-14-17)20(9-3,10-4)22-12-6/h11-16H,5-10H2,1-4H3. The molecule has 0 atom stereocenters. The van der Waals surface area contributed by atoms with Crippen molar-refractivity contribution in [1.29, 1.82) is 0 Å². The Kier molecular flexibility index (Phi) is 6.73. The lowest BCUT2D eigenvalue weighted by Crippen LogP contribution is -2.28. The third kappa shape index (κ3) is 3.37. The van der Waals surface area contributed by atoms with Crippen LogP contribution in [0.4, 0.5) is 0 Å². The van der Waals surface area contributed by atoms with Crippen LogP contribution in [-0.2, 0) is 20.7 Å². The fourth-order valence-electron chi connectivity index (χ4n) is 3.18. The van der Waals surface area contributed by atoms with Gasteiger partial charge in [0.15, 0.2) is 0 Å². The Bertz CT molecular complexity index is 420. The van der Waals surface area contributed by atoms with Crippen LogP contribution in [-0.4, -0.2) is 0 Å². The first kappa shape index (κ1) is 18.3. The minimum atomic E-state index is -0.291. The minimum absolute atomic E-state index is 0.291. The molecular weight excluding hydrogens is 272 g/mol. The van der Waals surface area contributed by atoms with Gasteiger partial charge in [0.1, 0.15) is 11.2 Å². The first-order chi connectivity index (χ1) is 10.6. The van der Waals surface area contributed by atoms with Gasteiger partial charge in [-0.2, -0.15) is 0 Å². The third-order valence-electron chi connectivity index (χ3n) is 4.84. The largest absolute Gasteiger partial charge is 0.491 e. The zero-order chi connectivity index (χ0) is 16.6. The number of hydrogen-bond acceptors (Lipinski definition) is 2. The molecule has 0 aliphatic heterocycles. The molecule has 0 amide bonds. The predicted molar refractivity (Wildman–Crippen MR) is 93.5 cm³/mol. The van der Waals surface area contributed by atoms with Gasteiger partial charge in [0.05, 0.1) is 12.5 Å². The lowest BCUT2D eigenvalue weighted by atomic mass is 9.84. The monoisotopic (exact) mass is 302 g/mol. The Morgan fingerprint density at radius 2 is 1.00 bits per heavy atom. The summed E-state index contributed by atoms with van der Waals surface area (Å²) in [6.45, 7) is 16.0. The summed E-state index contributed by atoms with van der Waals surface area (Å²) in [5, 5.41) is 0. The Morgan fingerprint density at radius 1 is 0.727 bits per heavy atom. The van der Waals surface area contributed by atoms with Crippen LogP contribution in [0.5, 0.6) is 0 Å². The van der Waals surface area contributed by atoms with Crippen molar-refractivity contribution in [2.24, 2.45) is 0 Å². The maximum absolute atomic E-state index is 5.86. The summed E-state index contributed by atoms with van der Waals surface area (Å²) < 4.78 is 11.7. The van der Waals surface area contributed by atoms with Crippen molar-refractivity contribution in [2.75, 3.05) is 0 Å². The maximum atomic E-state index is 5.86. The summed E-state index contributed by atoms with van der Waals surface area (Å²) in [6.07, 6.45) is 6.72. The zero-order valence-electron chi connectivity index (χ0n) is 14.5. The van der Waals surface area contributed by atoms with Crippen LogP contribution in [0.15, 0.2) is 49.9 Å². The second-order valence-electron chi connectivity index (χ2n) is 5.55. The fourth-order valence-corrected chi connectivity index (χ4v) is 3.18. The Labute approximate surface area is 135 Å². The minimum Gasteiger partial charge on any atom is -0.491 e. The van der Waals surface area contributed by atoms with Crippen LogP contribution in [0, 0.1) is 0 Å². The van der Waals surface area contributed by atoms with Crippen molar-refractivity contribution < 1.29 is 9.47 Å². The molecule has 0 aliphatic carbocycles. The molecule has 0 saturated carbocycles. The molecule has 122 valence electrons. The Balaban J connectivity index is 3.22. The summed E-state index contributed by atoms with van der Waals surface area (Å²) >= 11 is 0. The smallest absolute Gasteiger partial charge is 0.132 e. The predicted octanol–water partition coefficient (Wildman–Crippen LogP) is 6.04. The lowest BCUT2D eigenvalue weighted by molar-refractivity contribution is 0.00718. The number of rotatable bonds is 10. The molecule has 2 heteroatoms. The summed E-state index contributed by atoms with van der Waals surface area (Å²) in [6, 6.07) is 8.60. The first-order valence-electron chi connectivity index (χ1n) is 8.26. The summed E-state index contributed by atoms with van der Waals surface area (Å²) in [5.41, 5.74) is 1.78. The highest BCUT2D eigenvalue weighted by Crippen LogP contribution is 2.37. The van der Waals surface area contributed by atoms with Gasteiger partial charge in [-0.3, -0.25) is 0 Å². The van der Waals surface area contributed by atoms with Gasteiger partial charge in [0.25, 0.3) is 0 Å². The molecule has 0 radical (unpaired) electrons. The molecular formula is C20H30O2. The summed E-state index contributed by atoms with van der Waals surface area (Å²) in [5.74, 6) is 0. The van der Waals surface area contributed by atoms with Gasteiger partial charge in [0, 0.05) is 0 Å². The molecule has 0 bridgehead atoms. The second-order valence-corrected chi connectivity index (χ2v) is 5.55. The van der Waals surface area contributed by atoms with Crippen LogP contribution in [0.2, 0.25) is 0 Å². The van der Waals surface area contributed by atoms with E-state index in [9.17, 15) is 0 Å². The highest BCUT2D eigenvalue weighted by atomic mass is 16.5. The Hall–Kier alpha value is -1.70. The van der Waals surface area contributed by atoms with Gasteiger partial charge in [0.2, 0.25) is 0 Å². The van der Waals surface area contributed by atoms with Gasteiger partial charge in [-0.15, -0.1) is 0 Å². The molecule has 0 heterocycles. The quantitative estimate of drug-likeness (QED) is 0.491. The molecule has 0 N–H and O–H groups in total. The molecule has 2 nitrogen and oxygen atoms in total. The molecule has 1 aromatic rings. The van der Waals surface area contributed by atoms with Gasteiger partial charge >= 0.3 is 0 Å². The van der Waals surface area contributed by atoms with E-state index in [4.69, 9.17) is 9.47 Å². The highest BCUT2D eigenvalue weighted by Gasteiger charge is 2.32. The average Bonchev–Trinajstić information content (AvgIpc) is 2.58. The molecule has 22 heavy (non-hydrogen) atoms. The van der Waals surface area contributed by atoms with E-state index < -0.39 is 0 Å². The third-order valence-corrected chi connectivity index (χ3v) is 4.84. The molecule has 0 fully saturated rings. The molecule has 0 saturated heterocycles. The van der Waals surface area contributed by atoms with Crippen LogP contribution >= 0.6 is 0 Å². The zero-order valence-corrected chi connectivity index (χ0v) is 14.5. The number of ether oxygens (including phenoxy) is 2. The van der Waals surface area contributed by atoms with Gasteiger partial charge in [-0.05, 0) is 36.8 Å². The van der Waals surface area contributed by atoms with E-state index in [1.807, 2.05) is 0 Å². The molecule has 0 aromatic heterocycles.